The van der Waals surface area contributed by atoms with E-state index >= 15 is 0 Å². The Labute approximate surface area is 129 Å². The van der Waals surface area contributed by atoms with Crippen molar-refractivity contribution < 1.29 is 27.9 Å². The fraction of sp³-hybridized carbons (Fsp3) is 0.429. The molecule has 1 N–H and O–H groups in total. The quantitative estimate of drug-likeness (QED) is 0.904. The molecule has 2 rings (SSSR count). The van der Waals surface area contributed by atoms with Crippen LogP contribution in [0, 0.1) is 18.8 Å². The highest BCUT2D eigenvalue weighted by atomic mass is 35.5. The summed E-state index contributed by atoms with van der Waals surface area (Å²) in [5.74, 6) is -5.87. The molecule has 1 fully saturated rings. The van der Waals surface area contributed by atoms with Crippen LogP contribution >= 0.6 is 11.6 Å². The van der Waals surface area contributed by atoms with Gasteiger partial charge < -0.3 is 10.0 Å². The number of alkyl halides is 3. The van der Waals surface area contributed by atoms with Gasteiger partial charge in [0.1, 0.15) is 0 Å². The third kappa shape index (κ3) is 3.19. The Morgan fingerprint density at radius 1 is 1.32 bits per heavy atom. The molecule has 0 bridgehead atoms. The standard InChI is InChI=1S/C14H13ClF3NO3/c1-7-4-8(2-3-11(7)15)12(20)19-5-9(13(21)22)10(6-19)14(16,17)18/h2-4,9-10H,5-6H2,1H3,(H,21,22)/t9-,10-/m1/s1. The molecule has 0 saturated carbocycles. The van der Waals surface area contributed by atoms with Crippen molar-refractivity contribution in [2.24, 2.45) is 11.8 Å². The summed E-state index contributed by atoms with van der Waals surface area (Å²) >= 11 is 5.84. The molecule has 1 aromatic rings. The van der Waals surface area contributed by atoms with Crippen LogP contribution in [0.2, 0.25) is 5.02 Å². The van der Waals surface area contributed by atoms with Gasteiger partial charge in [0, 0.05) is 23.7 Å². The number of carbonyl (C=O) groups excluding carboxylic acids is 1. The van der Waals surface area contributed by atoms with Crippen LogP contribution in [0.5, 0.6) is 0 Å². The summed E-state index contributed by atoms with van der Waals surface area (Å²) in [7, 11) is 0. The van der Waals surface area contributed by atoms with Gasteiger partial charge in [0.25, 0.3) is 5.91 Å². The molecule has 0 aliphatic carbocycles. The van der Waals surface area contributed by atoms with Crippen molar-refractivity contribution >= 4 is 23.5 Å². The SMILES string of the molecule is Cc1cc(C(=O)N2C[C@@H](C(F)(F)F)[C@H](C(=O)O)C2)ccc1Cl. The topological polar surface area (TPSA) is 57.6 Å². The summed E-state index contributed by atoms with van der Waals surface area (Å²) in [4.78, 5) is 24.2. The van der Waals surface area contributed by atoms with Gasteiger partial charge in [-0.1, -0.05) is 11.6 Å². The molecule has 0 unspecified atom stereocenters. The number of aliphatic carboxylic acids is 1. The maximum atomic E-state index is 12.9. The van der Waals surface area contributed by atoms with E-state index in [0.29, 0.717) is 10.6 Å². The van der Waals surface area contributed by atoms with Crippen molar-refractivity contribution in [3.05, 3.63) is 34.3 Å². The van der Waals surface area contributed by atoms with E-state index in [9.17, 15) is 22.8 Å². The maximum absolute atomic E-state index is 12.9. The lowest BCUT2D eigenvalue weighted by atomic mass is 9.96. The molecule has 2 atom stereocenters. The normalized spacial score (nSPS) is 22.0. The summed E-state index contributed by atoms with van der Waals surface area (Å²) in [6.45, 7) is 0.558. The van der Waals surface area contributed by atoms with Gasteiger partial charge >= 0.3 is 12.1 Å². The molecule has 120 valence electrons. The monoisotopic (exact) mass is 335 g/mol. The first kappa shape index (κ1) is 16.6. The number of nitrogens with zero attached hydrogens (tertiary/aromatic N) is 1. The van der Waals surface area contributed by atoms with E-state index in [-0.39, 0.29) is 5.56 Å². The highest BCUT2D eigenvalue weighted by Crippen LogP contribution is 2.38. The van der Waals surface area contributed by atoms with Crippen LogP contribution in [0.25, 0.3) is 0 Å². The molecule has 0 radical (unpaired) electrons. The van der Waals surface area contributed by atoms with Crippen LogP contribution in [0.4, 0.5) is 13.2 Å². The molecule has 0 spiro atoms. The summed E-state index contributed by atoms with van der Waals surface area (Å²) < 4.78 is 38.7. The summed E-state index contributed by atoms with van der Waals surface area (Å²) in [5, 5.41) is 9.38. The predicted octanol–water partition coefficient (Wildman–Crippen LogP) is 2.98. The number of rotatable bonds is 2. The third-order valence-corrected chi connectivity index (χ3v) is 4.17. The molecule has 8 heteroatoms. The first-order valence-corrected chi connectivity index (χ1v) is 6.84. The number of hydrogen-bond acceptors (Lipinski definition) is 2. The van der Waals surface area contributed by atoms with E-state index in [1.807, 2.05) is 0 Å². The maximum Gasteiger partial charge on any atom is 0.394 e. The molecule has 1 heterocycles. The van der Waals surface area contributed by atoms with E-state index in [1.54, 1.807) is 6.92 Å². The smallest absolute Gasteiger partial charge is 0.394 e. The van der Waals surface area contributed by atoms with Gasteiger partial charge in [0.2, 0.25) is 0 Å². The second kappa shape index (κ2) is 5.79. The number of aryl methyl sites for hydroxylation is 1. The highest BCUT2D eigenvalue weighted by Gasteiger charge is 2.53. The third-order valence-electron chi connectivity index (χ3n) is 3.75. The zero-order chi connectivity index (χ0) is 16.7. The second-order valence-corrected chi connectivity index (χ2v) is 5.67. The average molecular weight is 336 g/mol. The number of carboxylic acids is 1. The van der Waals surface area contributed by atoms with Gasteiger partial charge in [-0.25, -0.2) is 0 Å². The van der Waals surface area contributed by atoms with E-state index < -0.39 is 43.0 Å². The van der Waals surface area contributed by atoms with Crippen LogP contribution in [0.15, 0.2) is 18.2 Å². The van der Waals surface area contributed by atoms with E-state index in [4.69, 9.17) is 16.7 Å². The Morgan fingerprint density at radius 3 is 2.41 bits per heavy atom. The second-order valence-electron chi connectivity index (χ2n) is 5.27. The molecule has 1 aromatic carbocycles. The minimum Gasteiger partial charge on any atom is -0.481 e. The van der Waals surface area contributed by atoms with E-state index in [0.717, 1.165) is 4.90 Å². The number of carboxylic acid groups (broad SMARTS) is 1. The minimum absolute atomic E-state index is 0.189. The number of carbonyl (C=O) groups is 2. The Kier molecular flexibility index (Phi) is 4.37. The largest absolute Gasteiger partial charge is 0.481 e. The lowest BCUT2D eigenvalue weighted by Gasteiger charge is -2.18. The molecule has 1 aliphatic heterocycles. The molecular formula is C14H13ClF3NO3. The minimum atomic E-state index is -4.66. The van der Waals surface area contributed by atoms with Gasteiger partial charge in [-0.3, -0.25) is 9.59 Å². The van der Waals surface area contributed by atoms with Gasteiger partial charge in [-0.05, 0) is 30.7 Å². The van der Waals surface area contributed by atoms with Crippen molar-refractivity contribution in [3.8, 4) is 0 Å². The van der Waals surface area contributed by atoms with Crippen molar-refractivity contribution in [1.82, 2.24) is 4.90 Å². The fourth-order valence-electron chi connectivity index (χ4n) is 2.51. The number of benzene rings is 1. The molecule has 1 amide bonds. The van der Waals surface area contributed by atoms with E-state index in [2.05, 4.69) is 0 Å². The first-order chi connectivity index (χ1) is 10.1. The zero-order valence-electron chi connectivity index (χ0n) is 11.5. The average Bonchev–Trinajstić information content (AvgIpc) is 2.86. The molecule has 0 aromatic heterocycles. The van der Waals surface area contributed by atoms with Crippen molar-refractivity contribution in [3.63, 3.8) is 0 Å². The number of hydrogen-bond donors (Lipinski definition) is 1. The van der Waals surface area contributed by atoms with Gasteiger partial charge in [-0.15, -0.1) is 0 Å². The molecular weight excluding hydrogens is 323 g/mol. The van der Waals surface area contributed by atoms with Crippen LogP contribution in [-0.2, 0) is 4.79 Å². The Bertz CT molecular complexity index is 618. The number of likely N-dealkylation sites (tertiary alicyclic amines) is 1. The van der Waals surface area contributed by atoms with Crippen LogP contribution in [0.3, 0.4) is 0 Å². The lowest BCUT2D eigenvalue weighted by Crippen LogP contribution is -2.34. The van der Waals surface area contributed by atoms with Crippen LogP contribution < -0.4 is 0 Å². The lowest BCUT2D eigenvalue weighted by molar-refractivity contribution is -0.187. The van der Waals surface area contributed by atoms with Gasteiger partial charge in [-0.2, -0.15) is 13.2 Å². The molecule has 1 saturated heterocycles. The van der Waals surface area contributed by atoms with Gasteiger partial charge in [0.15, 0.2) is 0 Å². The fourth-order valence-corrected chi connectivity index (χ4v) is 2.63. The summed E-state index contributed by atoms with van der Waals surface area (Å²) in [6, 6.07) is 4.37. The molecule has 1 aliphatic rings. The van der Waals surface area contributed by atoms with Crippen molar-refractivity contribution in [2.45, 2.75) is 13.1 Å². The number of amides is 1. The zero-order valence-corrected chi connectivity index (χ0v) is 12.3. The number of halogens is 4. The summed E-state index contributed by atoms with van der Waals surface area (Å²) in [6.07, 6.45) is -4.66. The Balaban J connectivity index is 2.24. The van der Waals surface area contributed by atoms with Gasteiger partial charge in [0.05, 0.1) is 11.8 Å². The van der Waals surface area contributed by atoms with E-state index in [1.165, 1.54) is 18.2 Å². The molecule has 22 heavy (non-hydrogen) atoms. The molecule has 4 nitrogen and oxygen atoms in total. The Morgan fingerprint density at radius 2 is 1.95 bits per heavy atom. The van der Waals surface area contributed by atoms with Crippen molar-refractivity contribution in [2.75, 3.05) is 13.1 Å². The predicted molar refractivity (Wildman–Crippen MR) is 72.8 cm³/mol. The summed E-state index contributed by atoms with van der Waals surface area (Å²) in [5.41, 5.74) is 0.808. The first-order valence-electron chi connectivity index (χ1n) is 6.46. The Hall–Kier alpha value is -1.76. The van der Waals surface area contributed by atoms with Crippen LogP contribution in [-0.4, -0.2) is 41.1 Å². The van der Waals surface area contributed by atoms with Crippen LogP contribution in [0.1, 0.15) is 15.9 Å². The van der Waals surface area contributed by atoms with Crippen molar-refractivity contribution in [1.29, 1.82) is 0 Å². The highest BCUT2D eigenvalue weighted by molar-refractivity contribution is 6.31.